The van der Waals surface area contributed by atoms with E-state index in [9.17, 15) is 0 Å². The number of fused-ring (bicyclic) bond motifs is 5. The van der Waals surface area contributed by atoms with Crippen molar-refractivity contribution in [3.8, 4) is 0 Å². The Labute approximate surface area is 75.1 Å². The topological polar surface area (TPSA) is 3.24 Å². The minimum atomic E-state index is 0.880. The standard InChI is InChI=1S/C11H19N/c1-7-11-9-4-3-8(5-9)10(11)6-12(7)2/h7-11H,3-6H2,1-2H3/t7-,8?,9?,10-,11+/m1/s1. The van der Waals surface area contributed by atoms with Crippen LogP contribution in [0.15, 0.2) is 0 Å². The molecular weight excluding hydrogens is 146 g/mol. The highest BCUT2D eigenvalue weighted by atomic mass is 15.2. The highest BCUT2D eigenvalue weighted by Gasteiger charge is 2.53. The van der Waals surface area contributed by atoms with Gasteiger partial charge in [0.25, 0.3) is 0 Å². The Morgan fingerprint density at radius 3 is 2.67 bits per heavy atom. The first kappa shape index (κ1) is 7.37. The van der Waals surface area contributed by atoms with Crippen molar-refractivity contribution in [1.82, 2.24) is 4.90 Å². The molecule has 12 heavy (non-hydrogen) atoms. The molecule has 1 heterocycles. The minimum absolute atomic E-state index is 0.880. The van der Waals surface area contributed by atoms with Gasteiger partial charge in [-0.05, 0) is 56.9 Å². The Kier molecular flexibility index (Phi) is 1.39. The van der Waals surface area contributed by atoms with Gasteiger partial charge in [0.1, 0.15) is 0 Å². The third-order valence-corrected chi connectivity index (χ3v) is 4.91. The van der Waals surface area contributed by atoms with Crippen molar-refractivity contribution in [2.24, 2.45) is 23.7 Å². The Hall–Kier alpha value is -0.0400. The van der Waals surface area contributed by atoms with Gasteiger partial charge in [0.15, 0.2) is 0 Å². The molecule has 5 atom stereocenters. The van der Waals surface area contributed by atoms with Crippen LogP contribution in [-0.2, 0) is 0 Å². The molecule has 3 fully saturated rings. The van der Waals surface area contributed by atoms with Gasteiger partial charge in [-0.25, -0.2) is 0 Å². The highest BCUT2D eigenvalue weighted by Crippen LogP contribution is 2.56. The summed E-state index contributed by atoms with van der Waals surface area (Å²) in [6, 6.07) is 0.880. The van der Waals surface area contributed by atoms with E-state index in [4.69, 9.17) is 0 Å². The van der Waals surface area contributed by atoms with Crippen LogP contribution < -0.4 is 0 Å². The summed E-state index contributed by atoms with van der Waals surface area (Å²) in [6.07, 6.45) is 4.67. The molecule has 0 spiro atoms. The fraction of sp³-hybridized carbons (Fsp3) is 1.00. The average molecular weight is 165 g/mol. The fourth-order valence-electron chi connectivity index (χ4n) is 4.27. The lowest BCUT2D eigenvalue weighted by Crippen LogP contribution is -2.29. The molecule has 2 bridgehead atoms. The van der Waals surface area contributed by atoms with Crippen LogP contribution in [-0.4, -0.2) is 24.5 Å². The highest BCUT2D eigenvalue weighted by molar-refractivity contribution is 5.04. The second kappa shape index (κ2) is 2.25. The first-order valence-electron chi connectivity index (χ1n) is 5.47. The quantitative estimate of drug-likeness (QED) is 0.530. The first-order valence-corrected chi connectivity index (χ1v) is 5.47. The van der Waals surface area contributed by atoms with E-state index in [1.165, 1.54) is 6.54 Å². The molecule has 1 heteroatoms. The van der Waals surface area contributed by atoms with Crippen LogP contribution in [0.2, 0.25) is 0 Å². The zero-order valence-electron chi connectivity index (χ0n) is 8.16. The predicted octanol–water partition coefficient (Wildman–Crippen LogP) is 1.98. The Morgan fingerprint density at radius 2 is 1.92 bits per heavy atom. The van der Waals surface area contributed by atoms with Crippen LogP contribution >= 0.6 is 0 Å². The van der Waals surface area contributed by atoms with Gasteiger partial charge in [-0.15, -0.1) is 0 Å². The summed E-state index contributed by atoms with van der Waals surface area (Å²) < 4.78 is 0. The van der Waals surface area contributed by atoms with E-state index in [1.54, 1.807) is 19.3 Å². The summed E-state index contributed by atoms with van der Waals surface area (Å²) in [6.45, 7) is 3.83. The van der Waals surface area contributed by atoms with Gasteiger partial charge >= 0.3 is 0 Å². The number of nitrogens with zero attached hydrogens (tertiary/aromatic N) is 1. The molecule has 1 aliphatic heterocycles. The molecule has 0 aromatic heterocycles. The van der Waals surface area contributed by atoms with Crippen molar-refractivity contribution in [2.45, 2.75) is 32.2 Å². The lowest BCUT2D eigenvalue weighted by Gasteiger charge is -2.26. The van der Waals surface area contributed by atoms with Crippen molar-refractivity contribution in [2.75, 3.05) is 13.6 Å². The van der Waals surface area contributed by atoms with Gasteiger partial charge in [-0.3, -0.25) is 0 Å². The number of hydrogen-bond acceptors (Lipinski definition) is 1. The molecule has 0 radical (unpaired) electrons. The largest absolute Gasteiger partial charge is 0.303 e. The molecule has 1 nitrogen and oxygen atoms in total. The monoisotopic (exact) mass is 165 g/mol. The molecule has 1 saturated heterocycles. The molecule has 0 N–H and O–H groups in total. The molecule has 0 amide bonds. The maximum absolute atomic E-state index is 2.58. The van der Waals surface area contributed by atoms with Gasteiger partial charge < -0.3 is 4.90 Å². The second-order valence-electron chi connectivity index (χ2n) is 5.25. The van der Waals surface area contributed by atoms with Crippen molar-refractivity contribution in [3.63, 3.8) is 0 Å². The lowest BCUT2D eigenvalue weighted by molar-refractivity contribution is 0.232. The third-order valence-electron chi connectivity index (χ3n) is 4.91. The third kappa shape index (κ3) is 0.736. The van der Waals surface area contributed by atoms with Crippen LogP contribution in [0.25, 0.3) is 0 Å². The molecule has 68 valence electrons. The zero-order valence-corrected chi connectivity index (χ0v) is 8.16. The Balaban J connectivity index is 1.90. The van der Waals surface area contributed by atoms with Crippen LogP contribution in [0.5, 0.6) is 0 Å². The van der Waals surface area contributed by atoms with E-state index in [0.717, 1.165) is 29.7 Å². The summed E-state index contributed by atoms with van der Waals surface area (Å²) >= 11 is 0. The summed E-state index contributed by atoms with van der Waals surface area (Å²) in [5, 5.41) is 0. The zero-order chi connectivity index (χ0) is 8.29. The number of rotatable bonds is 0. The van der Waals surface area contributed by atoms with Crippen molar-refractivity contribution in [3.05, 3.63) is 0 Å². The van der Waals surface area contributed by atoms with Gasteiger partial charge in [-0.2, -0.15) is 0 Å². The van der Waals surface area contributed by atoms with E-state index in [0.29, 0.717) is 0 Å². The normalized spacial score (nSPS) is 58.0. The Morgan fingerprint density at radius 1 is 1.17 bits per heavy atom. The van der Waals surface area contributed by atoms with Crippen molar-refractivity contribution in [1.29, 1.82) is 0 Å². The molecule has 3 rings (SSSR count). The molecule has 2 saturated carbocycles. The van der Waals surface area contributed by atoms with Gasteiger partial charge in [0.05, 0.1) is 0 Å². The number of likely N-dealkylation sites (tertiary alicyclic amines) is 1. The van der Waals surface area contributed by atoms with E-state index in [-0.39, 0.29) is 0 Å². The molecule has 2 unspecified atom stereocenters. The maximum Gasteiger partial charge on any atom is 0.00981 e. The van der Waals surface area contributed by atoms with Crippen LogP contribution in [0.1, 0.15) is 26.2 Å². The maximum atomic E-state index is 2.58. The fourth-order valence-corrected chi connectivity index (χ4v) is 4.27. The van der Waals surface area contributed by atoms with E-state index < -0.39 is 0 Å². The second-order valence-corrected chi connectivity index (χ2v) is 5.25. The molecule has 0 aromatic rings. The van der Waals surface area contributed by atoms with Crippen LogP contribution in [0.3, 0.4) is 0 Å². The number of hydrogen-bond donors (Lipinski definition) is 0. The summed E-state index contributed by atoms with van der Waals surface area (Å²) in [7, 11) is 2.31. The average Bonchev–Trinajstić information content (AvgIpc) is 2.66. The van der Waals surface area contributed by atoms with Crippen LogP contribution in [0, 0.1) is 23.7 Å². The van der Waals surface area contributed by atoms with Crippen molar-refractivity contribution < 1.29 is 0 Å². The molecule has 2 aliphatic carbocycles. The SMILES string of the molecule is C[C@@H]1[C@H]2C3CCC(C3)[C@H]2CN1C. The molecular formula is C11H19N. The van der Waals surface area contributed by atoms with Crippen LogP contribution in [0.4, 0.5) is 0 Å². The van der Waals surface area contributed by atoms with Gasteiger partial charge in [-0.1, -0.05) is 0 Å². The summed E-state index contributed by atoms with van der Waals surface area (Å²) in [4.78, 5) is 2.58. The Bertz CT molecular complexity index is 199. The molecule has 0 aromatic carbocycles. The van der Waals surface area contributed by atoms with E-state index >= 15 is 0 Å². The minimum Gasteiger partial charge on any atom is -0.303 e. The van der Waals surface area contributed by atoms with E-state index in [2.05, 4.69) is 18.9 Å². The summed E-state index contributed by atoms with van der Waals surface area (Å²) in [5.41, 5.74) is 0. The summed E-state index contributed by atoms with van der Waals surface area (Å²) in [5.74, 6) is 4.39. The van der Waals surface area contributed by atoms with Crippen molar-refractivity contribution >= 4 is 0 Å². The first-order chi connectivity index (χ1) is 5.77. The van der Waals surface area contributed by atoms with Gasteiger partial charge in [0, 0.05) is 12.6 Å². The smallest absolute Gasteiger partial charge is 0.00981 e. The van der Waals surface area contributed by atoms with Gasteiger partial charge in [0.2, 0.25) is 0 Å². The van der Waals surface area contributed by atoms with E-state index in [1.807, 2.05) is 0 Å². The predicted molar refractivity (Wildman–Crippen MR) is 49.9 cm³/mol. The molecule has 3 aliphatic rings. The lowest BCUT2D eigenvalue weighted by atomic mass is 9.79.